The number of carboxylic acid groups (broad SMARTS) is 1. The van der Waals surface area contributed by atoms with Crippen molar-refractivity contribution in [2.24, 2.45) is 5.41 Å². The molecule has 0 radical (unpaired) electrons. The van der Waals surface area contributed by atoms with Gasteiger partial charge in [-0.05, 0) is 56.1 Å². The summed E-state index contributed by atoms with van der Waals surface area (Å²) >= 11 is 0. The van der Waals surface area contributed by atoms with Crippen LogP contribution in [-0.2, 0) is 0 Å². The second-order valence-corrected chi connectivity index (χ2v) is 7.85. The highest BCUT2D eigenvalue weighted by Crippen LogP contribution is 2.54. The molecule has 3 aliphatic rings. The second-order valence-electron chi connectivity index (χ2n) is 7.85. The predicted molar refractivity (Wildman–Crippen MR) is 95.5 cm³/mol. The van der Waals surface area contributed by atoms with Crippen LogP contribution in [0.15, 0.2) is 24.4 Å². The molecule has 0 unspecified atom stereocenters. The number of ether oxygens (including phenoxy) is 1. The van der Waals surface area contributed by atoms with E-state index in [0.29, 0.717) is 11.5 Å². The molecule has 2 aromatic rings. The van der Waals surface area contributed by atoms with Gasteiger partial charge in [-0.3, -0.25) is 4.98 Å². The molecule has 1 spiro atoms. The summed E-state index contributed by atoms with van der Waals surface area (Å²) in [5.74, 6) is -0.112. The summed E-state index contributed by atoms with van der Waals surface area (Å²) in [5, 5.41) is 10.1. The van der Waals surface area contributed by atoms with Gasteiger partial charge < -0.3 is 14.7 Å². The molecule has 1 aromatic heterocycles. The number of hydrogen-bond acceptors (Lipinski definition) is 4. The fourth-order valence-corrected chi connectivity index (χ4v) is 3.91. The molecule has 0 bridgehead atoms. The molecule has 2 heterocycles. The van der Waals surface area contributed by atoms with Crippen LogP contribution in [0.5, 0.6) is 5.75 Å². The van der Waals surface area contributed by atoms with Gasteiger partial charge in [0.05, 0.1) is 22.9 Å². The van der Waals surface area contributed by atoms with E-state index in [9.17, 15) is 9.90 Å². The number of aromatic carboxylic acids is 1. The molecular formula is C20H22N2O3. The van der Waals surface area contributed by atoms with E-state index < -0.39 is 5.97 Å². The second kappa shape index (κ2) is 5.35. The van der Waals surface area contributed by atoms with Crippen LogP contribution in [0.25, 0.3) is 10.9 Å². The molecule has 0 atom stereocenters. The molecule has 5 nitrogen and oxygen atoms in total. The van der Waals surface area contributed by atoms with E-state index in [4.69, 9.17) is 4.74 Å². The van der Waals surface area contributed by atoms with E-state index in [1.54, 1.807) is 6.07 Å². The number of rotatable bonds is 4. The molecule has 25 heavy (non-hydrogen) atoms. The number of anilines is 1. The molecular weight excluding hydrogens is 316 g/mol. The summed E-state index contributed by atoms with van der Waals surface area (Å²) in [6.07, 6.45) is 9.24. The van der Waals surface area contributed by atoms with Crippen LogP contribution in [0, 0.1) is 5.41 Å². The molecule has 5 rings (SSSR count). The number of hydrogen-bond donors (Lipinski definition) is 1. The first-order valence-corrected chi connectivity index (χ1v) is 9.21. The predicted octanol–water partition coefficient (Wildman–Crippen LogP) is 3.85. The van der Waals surface area contributed by atoms with Crippen molar-refractivity contribution >= 4 is 22.6 Å². The third kappa shape index (κ3) is 2.81. The lowest BCUT2D eigenvalue weighted by Gasteiger charge is -2.34. The minimum Gasteiger partial charge on any atom is -0.490 e. The number of carbonyl (C=O) groups is 1. The Kier molecular flexibility index (Phi) is 3.21. The Morgan fingerprint density at radius 3 is 2.56 bits per heavy atom. The zero-order valence-corrected chi connectivity index (χ0v) is 14.2. The van der Waals surface area contributed by atoms with Crippen molar-refractivity contribution in [1.29, 1.82) is 0 Å². The molecule has 130 valence electrons. The minimum atomic E-state index is -0.946. The maximum atomic E-state index is 11.3. The number of fused-ring (bicyclic) bond motifs is 1. The van der Waals surface area contributed by atoms with Gasteiger partial charge in [0.25, 0.3) is 0 Å². The number of aromatic nitrogens is 1. The van der Waals surface area contributed by atoms with Gasteiger partial charge in [0.2, 0.25) is 0 Å². The number of benzene rings is 1. The van der Waals surface area contributed by atoms with Crippen molar-refractivity contribution in [3.63, 3.8) is 0 Å². The van der Waals surface area contributed by atoms with Crippen LogP contribution < -0.4 is 9.64 Å². The van der Waals surface area contributed by atoms with Gasteiger partial charge in [-0.15, -0.1) is 0 Å². The van der Waals surface area contributed by atoms with Crippen molar-refractivity contribution in [3.05, 3.63) is 30.0 Å². The summed E-state index contributed by atoms with van der Waals surface area (Å²) in [6, 6.07) is 5.74. The van der Waals surface area contributed by atoms with E-state index in [1.165, 1.54) is 31.9 Å². The van der Waals surface area contributed by atoms with Gasteiger partial charge in [-0.1, -0.05) is 0 Å². The van der Waals surface area contributed by atoms with Crippen LogP contribution in [0.3, 0.4) is 0 Å². The average Bonchev–Trinajstić information content (AvgIpc) is 3.53. The summed E-state index contributed by atoms with van der Waals surface area (Å²) in [7, 11) is 0. The Labute approximate surface area is 146 Å². The van der Waals surface area contributed by atoms with Crippen molar-refractivity contribution < 1.29 is 14.6 Å². The zero-order chi connectivity index (χ0) is 17.0. The van der Waals surface area contributed by atoms with Crippen LogP contribution >= 0.6 is 0 Å². The standard InChI is InChI=1S/C20H22N2O3/c23-19(24)14-9-13-10-16(25-15-1-2-15)11-17(18(13)21-12-14)22-7-5-20(3-4-20)6-8-22/h9-12,15H,1-8H2,(H,23,24). The molecule has 3 fully saturated rings. The highest BCUT2D eigenvalue weighted by molar-refractivity contribution is 5.97. The summed E-state index contributed by atoms with van der Waals surface area (Å²) < 4.78 is 6.02. The molecule has 2 saturated carbocycles. The maximum absolute atomic E-state index is 11.3. The summed E-state index contributed by atoms with van der Waals surface area (Å²) in [6.45, 7) is 2.09. The van der Waals surface area contributed by atoms with Crippen LogP contribution in [-0.4, -0.2) is 35.3 Å². The van der Waals surface area contributed by atoms with Gasteiger partial charge in [0.15, 0.2) is 0 Å². The highest BCUT2D eigenvalue weighted by atomic mass is 16.5. The molecule has 1 saturated heterocycles. The van der Waals surface area contributed by atoms with E-state index in [0.717, 1.165) is 48.3 Å². The fourth-order valence-electron chi connectivity index (χ4n) is 3.91. The fraction of sp³-hybridized carbons (Fsp3) is 0.500. The number of pyridine rings is 1. The lowest BCUT2D eigenvalue weighted by molar-refractivity contribution is 0.0696. The largest absolute Gasteiger partial charge is 0.490 e. The van der Waals surface area contributed by atoms with Crippen LogP contribution in [0.2, 0.25) is 0 Å². The molecule has 1 N–H and O–H groups in total. The third-order valence-corrected chi connectivity index (χ3v) is 5.93. The number of piperidine rings is 1. The smallest absolute Gasteiger partial charge is 0.337 e. The Balaban J connectivity index is 1.55. The SMILES string of the molecule is O=C(O)c1cnc2c(N3CCC4(CC3)CC4)cc(OC3CC3)cc2c1. The first-order valence-electron chi connectivity index (χ1n) is 9.21. The first-order chi connectivity index (χ1) is 12.1. The van der Waals surface area contributed by atoms with Gasteiger partial charge in [-0.25, -0.2) is 4.79 Å². The van der Waals surface area contributed by atoms with Crippen molar-refractivity contribution in [1.82, 2.24) is 4.98 Å². The zero-order valence-electron chi connectivity index (χ0n) is 14.2. The maximum Gasteiger partial charge on any atom is 0.337 e. The monoisotopic (exact) mass is 338 g/mol. The van der Waals surface area contributed by atoms with E-state index in [-0.39, 0.29) is 5.56 Å². The van der Waals surface area contributed by atoms with Crippen molar-refractivity contribution in [3.8, 4) is 5.75 Å². The Bertz CT molecular complexity index is 845. The topological polar surface area (TPSA) is 62.7 Å². The van der Waals surface area contributed by atoms with Gasteiger partial charge in [0.1, 0.15) is 5.75 Å². The minimum absolute atomic E-state index is 0.220. The number of nitrogens with zero attached hydrogens (tertiary/aromatic N) is 2. The van der Waals surface area contributed by atoms with Gasteiger partial charge in [-0.2, -0.15) is 0 Å². The molecule has 0 amide bonds. The summed E-state index contributed by atoms with van der Waals surface area (Å²) in [5.41, 5.74) is 2.80. The van der Waals surface area contributed by atoms with E-state index in [2.05, 4.69) is 16.0 Å². The van der Waals surface area contributed by atoms with Crippen LogP contribution in [0.4, 0.5) is 5.69 Å². The quantitative estimate of drug-likeness (QED) is 0.917. The Hall–Kier alpha value is -2.30. The Morgan fingerprint density at radius 2 is 1.92 bits per heavy atom. The normalized spacial score (nSPS) is 21.5. The van der Waals surface area contributed by atoms with Gasteiger partial charge in [0, 0.05) is 30.7 Å². The lowest BCUT2D eigenvalue weighted by Crippen LogP contribution is -2.34. The van der Waals surface area contributed by atoms with E-state index in [1.807, 2.05) is 6.07 Å². The third-order valence-electron chi connectivity index (χ3n) is 5.93. The molecule has 1 aliphatic heterocycles. The summed E-state index contributed by atoms with van der Waals surface area (Å²) in [4.78, 5) is 18.2. The average molecular weight is 338 g/mol. The molecule has 1 aromatic carbocycles. The van der Waals surface area contributed by atoms with Crippen molar-refractivity contribution in [2.75, 3.05) is 18.0 Å². The number of carboxylic acids is 1. The first kappa shape index (κ1) is 15.0. The molecule has 2 aliphatic carbocycles. The lowest BCUT2D eigenvalue weighted by atomic mass is 9.93. The highest BCUT2D eigenvalue weighted by Gasteiger charge is 2.44. The Morgan fingerprint density at radius 1 is 1.16 bits per heavy atom. The van der Waals surface area contributed by atoms with Gasteiger partial charge >= 0.3 is 5.97 Å². The van der Waals surface area contributed by atoms with Crippen LogP contribution in [0.1, 0.15) is 48.9 Å². The van der Waals surface area contributed by atoms with Crippen molar-refractivity contribution in [2.45, 2.75) is 44.6 Å². The molecule has 5 heteroatoms. The van der Waals surface area contributed by atoms with E-state index >= 15 is 0 Å².